The Bertz CT molecular complexity index is 470. The molecule has 1 atom stereocenters. The van der Waals surface area contributed by atoms with Crippen LogP contribution < -0.4 is 5.73 Å². The minimum absolute atomic E-state index is 0.0720. The van der Waals surface area contributed by atoms with Crippen LogP contribution in [0.2, 0.25) is 0 Å². The fraction of sp³-hybridized carbons (Fsp3) is 0.385. The molecule has 0 aliphatic carbocycles. The van der Waals surface area contributed by atoms with Crippen molar-refractivity contribution in [1.29, 1.82) is 0 Å². The SMILES string of the molecule is CCCn1nncc1-c1ccc(C(C)N)cc1. The summed E-state index contributed by atoms with van der Waals surface area (Å²) in [5, 5.41) is 8.04. The number of rotatable bonds is 4. The third kappa shape index (κ3) is 2.53. The van der Waals surface area contributed by atoms with Crippen LogP contribution in [0.3, 0.4) is 0 Å². The first-order valence-corrected chi connectivity index (χ1v) is 5.96. The number of aryl methyl sites for hydroxylation is 1. The normalized spacial score (nSPS) is 12.6. The molecule has 1 heterocycles. The minimum atomic E-state index is 0.0720. The number of nitrogens with two attached hydrogens (primary N) is 1. The molecule has 0 aliphatic heterocycles. The highest BCUT2D eigenvalue weighted by molar-refractivity contribution is 5.58. The molecule has 90 valence electrons. The highest BCUT2D eigenvalue weighted by Gasteiger charge is 2.06. The van der Waals surface area contributed by atoms with Crippen LogP contribution in [0.5, 0.6) is 0 Å². The molecule has 0 saturated heterocycles. The van der Waals surface area contributed by atoms with Gasteiger partial charge in [-0.05, 0) is 18.9 Å². The zero-order valence-corrected chi connectivity index (χ0v) is 10.3. The van der Waals surface area contributed by atoms with Gasteiger partial charge in [0.25, 0.3) is 0 Å². The monoisotopic (exact) mass is 230 g/mol. The lowest BCUT2D eigenvalue weighted by molar-refractivity contribution is 0.584. The molecule has 0 amide bonds. The molecule has 0 saturated carbocycles. The maximum atomic E-state index is 5.83. The molecule has 1 unspecified atom stereocenters. The van der Waals surface area contributed by atoms with E-state index in [-0.39, 0.29) is 6.04 Å². The van der Waals surface area contributed by atoms with Crippen LogP contribution >= 0.6 is 0 Å². The predicted octanol–water partition coefficient (Wildman–Crippen LogP) is 2.37. The van der Waals surface area contributed by atoms with E-state index in [4.69, 9.17) is 5.73 Å². The van der Waals surface area contributed by atoms with Crippen LogP contribution in [0, 0.1) is 0 Å². The molecule has 2 rings (SSSR count). The first-order chi connectivity index (χ1) is 8.22. The van der Waals surface area contributed by atoms with Crippen LogP contribution in [0.15, 0.2) is 30.5 Å². The van der Waals surface area contributed by atoms with Gasteiger partial charge in [-0.15, -0.1) is 5.10 Å². The number of nitrogens with zero attached hydrogens (tertiary/aromatic N) is 3. The summed E-state index contributed by atoms with van der Waals surface area (Å²) >= 11 is 0. The molecule has 1 aromatic heterocycles. The van der Waals surface area contributed by atoms with Crippen molar-refractivity contribution in [2.75, 3.05) is 0 Å². The number of hydrogen-bond donors (Lipinski definition) is 1. The summed E-state index contributed by atoms with van der Waals surface area (Å²) in [6.07, 6.45) is 2.85. The van der Waals surface area contributed by atoms with Gasteiger partial charge in [-0.3, -0.25) is 0 Å². The van der Waals surface area contributed by atoms with E-state index in [1.165, 1.54) is 0 Å². The third-order valence-electron chi connectivity index (χ3n) is 2.79. The fourth-order valence-corrected chi connectivity index (χ4v) is 1.82. The Kier molecular flexibility index (Phi) is 3.54. The third-order valence-corrected chi connectivity index (χ3v) is 2.79. The number of aromatic nitrogens is 3. The van der Waals surface area contributed by atoms with Crippen molar-refractivity contribution in [2.45, 2.75) is 32.9 Å². The number of benzene rings is 1. The van der Waals surface area contributed by atoms with Crippen LogP contribution in [0.1, 0.15) is 31.9 Å². The Morgan fingerprint density at radius 3 is 2.59 bits per heavy atom. The van der Waals surface area contributed by atoms with Gasteiger partial charge in [0.1, 0.15) is 0 Å². The van der Waals surface area contributed by atoms with Gasteiger partial charge in [-0.1, -0.05) is 36.4 Å². The summed E-state index contributed by atoms with van der Waals surface area (Å²) in [5.41, 5.74) is 9.16. The Morgan fingerprint density at radius 1 is 1.29 bits per heavy atom. The molecule has 1 aromatic carbocycles. The quantitative estimate of drug-likeness (QED) is 0.877. The highest BCUT2D eigenvalue weighted by atomic mass is 15.4. The van der Waals surface area contributed by atoms with Crippen molar-refractivity contribution < 1.29 is 0 Å². The van der Waals surface area contributed by atoms with E-state index in [1.54, 1.807) is 6.20 Å². The maximum Gasteiger partial charge on any atom is 0.0885 e. The number of hydrogen-bond acceptors (Lipinski definition) is 3. The van der Waals surface area contributed by atoms with Crippen molar-refractivity contribution in [3.05, 3.63) is 36.0 Å². The summed E-state index contributed by atoms with van der Waals surface area (Å²) in [5.74, 6) is 0. The van der Waals surface area contributed by atoms with Gasteiger partial charge in [0.05, 0.1) is 11.9 Å². The molecule has 4 nitrogen and oxygen atoms in total. The van der Waals surface area contributed by atoms with Gasteiger partial charge in [0, 0.05) is 18.2 Å². The first-order valence-electron chi connectivity index (χ1n) is 5.96. The Morgan fingerprint density at radius 2 is 2.00 bits per heavy atom. The Hall–Kier alpha value is -1.68. The van der Waals surface area contributed by atoms with Crippen LogP contribution in [0.4, 0.5) is 0 Å². The summed E-state index contributed by atoms with van der Waals surface area (Å²) in [6.45, 7) is 5.01. The second-order valence-electron chi connectivity index (χ2n) is 4.25. The average Bonchev–Trinajstić information content (AvgIpc) is 2.78. The molecule has 0 spiro atoms. The smallest absolute Gasteiger partial charge is 0.0885 e. The fourth-order valence-electron chi connectivity index (χ4n) is 1.82. The largest absolute Gasteiger partial charge is 0.324 e. The van der Waals surface area contributed by atoms with E-state index in [0.29, 0.717) is 0 Å². The second kappa shape index (κ2) is 5.10. The van der Waals surface area contributed by atoms with Crippen molar-refractivity contribution in [3.8, 4) is 11.3 Å². The minimum Gasteiger partial charge on any atom is -0.324 e. The lowest BCUT2D eigenvalue weighted by atomic mass is 10.1. The maximum absolute atomic E-state index is 5.83. The zero-order valence-electron chi connectivity index (χ0n) is 10.3. The summed E-state index contributed by atoms with van der Waals surface area (Å²) in [7, 11) is 0. The summed E-state index contributed by atoms with van der Waals surface area (Å²) in [6, 6.07) is 8.34. The van der Waals surface area contributed by atoms with E-state index >= 15 is 0 Å². The van der Waals surface area contributed by atoms with Crippen LogP contribution in [-0.4, -0.2) is 15.0 Å². The predicted molar refractivity (Wildman–Crippen MR) is 68.4 cm³/mol. The van der Waals surface area contributed by atoms with E-state index in [1.807, 2.05) is 11.6 Å². The molecule has 0 bridgehead atoms. The molecule has 0 fully saturated rings. The van der Waals surface area contributed by atoms with E-state index in [2.05, 4.69) is 41.5 Å². The van der Waals surface area contributed by atoms with Gasteiger partial charge in [-0.2, -0.15) is 0 Å². The van der Waals surface area contributed by atoms with Gasteiger partial charge < -0.3 is 5.73 Å². The van der Waals surface area contributed by atoms with Crippen LogP contribution in [-0.2, 0) is 6.54 Å². The van der Waals surface area contributed by atoms with Gasteiger partial charge in [0.2, 0.25) is 0 Å². The van der Waals surface area contributed by atoms with Crippen molar-refractivity contribution in [2.24, 2.45) is 5.73 Å². The standard InChI is InChI=1S/C13H18N4/c1-3-8-17-13(9-15-16-17)12-6-4-11(5-7-12)10(2)14/h4-7,9-10H,3,8,14H2,1-2H3. The lowest BCUT2D eigenvalue weighted by Gasteiger charge is -2.08. The Balaban J connectivity index is 2.30. The van der Waals surface area contributed by atoms with Crippen molar-refractivity contribution in [1.82, 2.24) is 15.0 Å². The van der Waals surface area contributed by atoms with Gasteiger partial charge in [0.15, 0.2) is 0 Å². The molecule has 2 N–H and O–H groups in total. The van der Waals surface area contributed by atoms with Crippen molar-refractivity contribution >= 4 is 0 Å². The highest BCUT2D eigenvalue weighted by Crippen LogP contribution is 2.20. The van der Waals surface area contributed by atoms with E-state index < -0.39 is 0 Å². The first kappa shape index (κ1) is 11.8. The van der Waals surface area contributed by atoms with Gasteiger partial charge in [-0.25, -0.2) is 4.68 Å². The lowest BCUT2D eigenvalue weighted by Crippen LogP contribution is -2.05. The molecule has 0 aliphatic rings. The molecule has 0 radical (unpaired) electrons. The topological polar surface area (TPSA) is 56.7 Å². The zero-order chi connectivity index (χ0) is 12.3. The second-order valence-corrected chi connectivity index (χ2v) is 4.25. The molecule has 2 aromatic rings. The Labute approximate surface area is 101 Å². The molecular weight excluding hydrogens is 212 g/mol. The van der Waals surface area contributed by atoms with Crippen molar-refractivity contribution in [3.63, 3.8) is 0 Å². The molecule has 17 heavy (non-hydrogen) atoms. The van der Waals surface area contributed by atoms with Gasteiger partial charge >= 0.3 is 0 Å². The summed E-state index contributed by atoms with van der Waals surface area (Å²) < 4.78 is 1.93. The molecular formula is C13H18N4. The summed E-state index contributed by atoms with van der Waals surface area (Å²) in [4.78, 5) is 0. The average molecular weight is 230 g/mol. The van der Waals surface area contributed by atoms with E-state index in [0.717, 1.165) is 29.8 Å². The van der Waals surface area contributed by atoms with E-state index in [9.17, 15) is 0 Å². The molecule has 4 heteroatoms. The van der Waals surface area contributed by atoms with Crippen LogP contribution in [0.25, 0.3) is 11.3 Å².